The second kappa shape index (κ2) is 22.4. The molecule has 1 amide bonds. The molecule has 9 nitrogen and oxygen atoms in total. The first-order valence-electron chi connectivity index (χ1n) is 15.1. The van der Waals surface area contributed by atoms with Crippen molar-refractivity contribution in [2.24, 2.45) is 0 Å². The van der Waals surface area contributed by atoms with Gasteiger partial charge in [-0.1, -0.05) is 83.1 Å². The lowest BCUT2D eigenvalue weighted by molar-refractivity contribution is -0.302. The fourth-order valence-corrected chi connectivity index (χ4v) is 4.43. The standard InChI is InChI=1S/C30H55NO8/c1-3-5-7-9-10-11-12-13-14-15-16-18-20-26(34)31-23(24(33)19-17-8-6-4-2)22-38-30-29(37)28(36)27(35)25(21-32)39-30/h10-11,17,19,23-25,27-30,32-33,35-37H,3-9,12-16,18,20-22H2,1-2H3,(H,31,34)/b11-10-,19-17+. The van der Waals surface area contributed by atoms with Gasteiger partial charge in [0.05, 0.1) is 25.4 Å². The van der Waals surface area contributed by atoms with E-state index in [1.165, 1.54) is 25.7 Å². The Labute approximate surface area is 235 Å². The lowest BCUT2D eigenvalue weighted by atomic mass is 9.99. The summed E-state index contributed by atoms with van der Waals surface area (Å²) in [6, 6.07) is -0.799. The van der Waals surface area contributed by atoms with Crippen LogP contribution < -0.4 is 5.32 Å². The van der Waals surface area contributed by atoms with Crippen LogP contribution in [0.3, 0.4) is 0 Å². The molecule has 0 aromatic heterocycles. The Morgan fingerprint density at radius 3 is 2.13 bits per heavy atom. The van der Waals surface area contributed by atoms with Crippen LogP contribution in [0.2, 0.25) is 0 Å². The zero-order chi connectivity index (χ0) is 28.9. The maximum absolute atomic E-state index is 12.6. The van der Waals surface area contributed by atoms with Gasteiger partial charge in [-0.2, -0.15) is 0 Å². The van der Waals surface area contributed by atoms with E-state index in [1.807, 2.05) is 6.08 Å². The molecule has 9 heteroatoms. The van der Waals surface area contributed by atoms with E-state index in [1.54, 1.807) is 6.08 Å². The van der Waals surface area contributed by atoms with E-state index in [4.69, 9.17) is 9.47 Å². The Bertz CT molecular complexity index is 671. The molecule has 1 aliphatic heterocycles. The van der Waals surface area contributed by atoms with Crippen LogP contribution in [0.15, 0.2) is 24.3 Å². The van der Waals surface area contributed by atoms with Crippen LogP contribution in [0.25, 0.3) is 0 Å². The van der Waals surface area contributed by atoms with Crippen LogP contribution in [0.5, 0.6) is 0 Å². The summed E-state index contributed by atoms with van der Waals surface area (Å²) < 4.78 is 11.0. The summed E-state index contributed by atoms with van der Waals surface area (Å²) in [5.41, 5.74) is 0. The molecule has 0 aromatic carbocycles. The molecule has 1 rings (SSSR count). The monoisotopic (exact) mass is 557 g/mol. The number of nitrogens with one attached hydrogen (secondary N) is 1. The third kappa shape index (κ3) is 15.3. The molecule has 7 unspecified atom stereocenters. The van der Waals surface area contributed by atoms with E-state index in [0.717, 1.165) is 57.8 Å². The van der Waals surface area contributed by atoms with Crippen LogP contribution in [0.4, 0.5) is 0 Å². The van der Waals surface area contributed by atoms with Gasteiger partial charge < -0.3 is 40.3 Å². The second-order valence-corrected chi connectivity index (χ2v) is 10.5. The molecule has 0 aromatic rings. The number of hydrogen-bond donors (Lipinski definition) is 6. The number of unbranched alkanes of at least 4 members (excludes halogenated alkanes) is 10. The number of hydrogen-bond acceptors (Lipinski definition) is 8. The summed E-state index contributed by atoms with van der Waals surface area (Å²) >= 11 is 0. The maximum Gasteiger partial charge on any atom is 0.220 e. The van der Waals surface area contributed by atoms with E-state index in [0.29, 0.717) is 6.42 Å². The van der Waals surface area contributed by atoms with Gasteiger partial charge in [-0.05, 0) is 38.5 Å². The smallest absolute Gasteiger partial charge is 0.220 e. The highest BCUT2D eigenvalue weighted by Crippen LogP contribution is 2.22. The maximum atomic E-state index is 12.6. The molecule has 1 heterocycles. The predicted octanol–water partition coefficient (Wildman–Crippen LogP) is 3.26. The molecule has 0 saturated carbocycles. The molecule has 0 radical (unpaired) electrons. The number of aliphatic hydroxyl groups is 5. The lowest BCUT2D eigenvalue weighted by Crippen LogP contribution is -2.60. The van der Waals surface area contributed by atoms with Crippen molar-refractivity contribution in [3.05, 3.63) is 24.3 Å². The van der Waals surface area contributed by atoms with E-state index in [9.17, 15) is 30.3 Å². The zero-order valence-electron chi connectivity index (χ0n) is 24.1. The summed E-state index contributed by atoms with van der Waals surface area (Å²) in [6.45, 7) is 3.53. The van der Waals surface area contributed by atoms with Crippen LogP contribution >= 0.6 is 0 Å². The molecular formula is C30H55NO8. The van der Waals surface area contributed by atoms with E-state index in [2.05, 4.69) is 31.3 Å². The van der Waals surface area contributed by atoms with Crippen molar-refractivity contribution in [2.45, 2.75) is 147 Å². The number of carbonyl (C=O) groups excluding carboxylic acids is 1. The van der Waals surface area contributed by atoms with Gasteiger partial charge in [0, 0.05) is 6.42 Å². The van der Waals surface area contributed by atoms with Crippen LogP contribution in [-0.2, 0) is 14.3 Å². The van der Waals surface area contributed by atoms with Crippen LogP contribution in [0, 0.1) is 0 Å². The molecule has 0 spiro atoms. The normalized spacial score (nSPS) is 25.4. The number of rotatable bonds is 22. The quantitative estimate of drug-likeness (QED) is 0.0878. The van der Waals surface area contributed by atoms with Crippen molar-refractivity contribution in [3.8, 4) is 0 Å². The second-order valence-electron chi connectivity index (χ2n) is 10.5. The van der Waals surface area contributed by atoms with Crippen molar-refractivity contribution in [1.29, 1.82) is 0 Å². The van der Waals surface area contributed by atoms with E-state index < -0.39 is 49.5 Å². The first-order chi connectivity index (χ1) is 18.8. The number of amides is 1. The first-order valence-corrected chi connectivity index (χ1v) is 15.1. The molecule has 1 fully saturated rings. The third-order valence-electron chi connectivity index (χ3n) is 7.02. The highest BCUT2D eigenvalue weighted by molar-refractivity contribution is 5.76. The van der Waals surface area contributed by atoms with Gasteiger partial charge in [-0.15, -0.1) is 0 Å². The minimum absolute atomic E-state index is 0.195. The van der Waals surface area contributed by atoms with Crippen LogP contribution in [-0.4, -0.2) is 87.5 Å². The zero-order valence-corrected chi connectivity index (χ0v) is 24.1. The van der Waals surface area contributed by atoms with E-state index >= 15 is 0 Å². The van der Waals surface area contributed by atoms with Crippen LogP contribution in [0.1, 0.15) is 104 Å². The van der Waals surface area contributed by atoms with Crippen molar-refractivity contribution in [2.75, 3.05) is 13.2 Å². The molecule has 228 valence electrons. The summed E-state index contributed by atoms with van der Waals surface area (Å²) in [4.78, 5) is 12.6. The van der Waals surface area contributed by atoms with E-state index in [-0.39, 0.29) is 12.5 Å². The first kappa shape index (κ1) is 35.7. The van der Waals surface area contributed by atoms with Crippen molar-refractivity contribution >= 4 is 5.91 Å². The fraction of sp³-hybridized carbons (Fsp3) is 0.833. The lowest BCUT2D eigenvalue weighted by Gasteiger charge is -2.40. The van der Waals surface area contributed by atoms with Gasteiger partial charge in [0.1, 0.15) is 24.4 Å². The minimum atomic E-state index is -1.56. The van der Waals surface area contributed by atoms with Gasteiger partial charge in [-0.25, -0.2) is 0 Å². The van der Waals surface area contributed by atoms with Gasteiger partial charge in [0.25, 0.3) is 0 Å². The Balaban J connectivity index is 2.47. The largest absolute Gasteiger partial charge is 0.394 e. The summed E-state index contributed by atoms with van der Waals surface area (Å²) in [5, 5.41) is 53.1. The predicted molar refractivity (Wildman–Crippen MR) is 152 cm³/mol. The molecule has 7 atom stereocenters. The molecule has 1 aliphatic rings. The summed E-state index contributed by atoms with van der Waals surface area (Å²) in [5.74, 6) is -0.201. The average molecular weight is 558 g/mol. The summed E-state index contributed by atoms with van der Waals surface area (Å²) in [6.07, 6.45) is 14.3. The SMILES string of the molecule is CCCC/C=C/C(O)C(COC1OC(CO)C(O)C(O)C1O)NC(=O)CCCCCCC/C=C\CCCCC. The van der Waals surface area contributed by atoms with Crippen molar-refractivity contribution in [3.63, 3.8) is 0 Å². The average Bonchev–Trinajstić information content (AvgIpc) is 2.93. The fourth-order valence-electron chi connectivity index (χ4n) is 4.43. The highest BCUT2D eigenvalue weighted by Gasteiger charge is 2.44. The number of allylic oxidation sites excluding steroid dienone is 3. The Morgan fingerprint density at radius 1 is 0.846 bits per heavy atom. The van der Waals surface area contributed by atoms with Gasteiger partial charge in [0.15, 0.2) is 6.29 Å². The minimum Gasteiger partial charge on any atom is -0.394 e. The molecule has 39 heavy (non-hydrogen) atoms. The Hall–Kier alpha value is -1.33. The highest BCUT2D eigenvalue weighted by atomic mass is 16.7. The number of carbonyl (C=O) groups is 1. The number of ether oxygens (including phenoxy) is 2. The van der Waals surface area contributed by atoms with Gasteiger partial charge in [-0.3, -0.25) is 4.79 Å². The van der Waals surface area contributed by atoms with Crippen molar-refractivity contribution in [1.82, 2.24) is 5.32 Å². The molecular weight excluding hydrogens is 502 g/mol. The molecule has 6 N–H and O–H groups in total. The molecule has 0 aliphatic carbocycles. The van der Waals surface area contributed by atoms with Gasteiger partial charge >= 0.3 is 0 Å². The molecule has 0 bridgehead atoms. The summed E-state index contributed by atoms with van der Waals surface area (Å²) in [7, 11) is 0. The molecule has 1 saturated heterocycles. The van der Waals surface area contributed by atoms with Gasteiger partial charge in [0.2, 0.25) is 5.91 Å². The Morgan fingerprint density at radius 2 is 1.46 bits per heavy atom. The third-order valence-corrected chi connectivity index (χ3v) is 7.02. The Kier molecular flexibility index (Phi) is 20.5. The topological polar surface area (TPSA) is 149 Å². The number of aliphatic hydroxyl groups excluding tert-OH is 5. The van der Waals surface area contributed by atoms with Crippen molar-refractivity contribution < 1.29 is 39.8 Å².